The maximum Gasteiger partial charge on any atom is 0.348 e. The molecule has 1 fully saturated rings. The fraction of sp³-hybridized carbons (Fsp3) is 0.286. The first-order valence-electron chi connectivity index (χ1n) is 5.98. The van der Waals surface area contributed by atoms with Crippen LogP contribution >= 0.6 is 31.9 Å². The van der Waals surface area contributed by atoms with Crippen LogP contribution in [-0.2, 0) is 19.1 Å². The molecule has 1 heterocycles. The van der Waals surface area contributed by atoms with E-state index in [0.717, 1.165) is 10.0 Å². The minimum Gasteiger partial charge on any atom is -0.506 e. The zero-order chi connectivity index (χ0) is 15.9. The predicted molar refractivity (Wildman–Crippen MR) is 82.5 cm³/mol. The molecule has 5 nitrogen and oxygen atoms in total. The molecule has 1 aliphatic heterocycles. The van der Waals surface area contributed by atoms with Gasteiger partial charge in [-0.25, -0.2) is 9.59 Å². The lowest BCUT2D eigenvalue weighted by Gasteiger charge is -2.29. The van der Waals surface area contributed by atoms with Crippen molar-refractivity contribution >= 4 is 49.9 Å². The van der Waals surface area contributed by atoms with Crippen molar-refractivity contribution in [2.24, 2.45) is 0 Å². The Kier molecular flexibility index (Phi) is 4.17. The van der Waals surface area contributed by atoms with Crippen molar-refractivity contribution in [3.05, 3.63) is 31.7 Å². The zero-order valence-corrected chi connectivity index (χ0v) is 14.7. The number of ether oxygens (including phenoxy) is 2. The Morgan fingerprint density at radius 1 is 1.19 bits per heavy atom. The molecule has 1 aromatic carbocycles. The third-order valence-electron chi connectivity index (χ3n) is 2.87. The highest BCUT2D eigenvalue weighted by atomic mass is 79.9. The van der Waals surface area contributed by atoms with Gasteiger partial charge in [0.2, 0.25) is 0 Å². The fourth-order valence-electron chi connectivity index (χ4n) is 1.77. The van der Waals surface area contributed by atoms with Gasteiger partial charge in [-0.1, -0.05) is 15.9 Å². The Morgan fingerprint density at radius 3 is 2.24 bits per heavy atom. The van der Waals surface area contributed by atoms with E-state index in [4.69, 9.17) is 9.47 Å². The van der Waals surface area contributed by atoms with E-state index in [2.05, 4.69) is 31.9 Å². The Balaban J connectivity index is 2.50. The summed E-state index contributed by atoms with van der Waals surface area (Å²) in [5.41, 5.74) is 0.819. The highest BCUT2D eigenvalue weighted by Crippen LogP contribution is 2.37. The molecule has 112 valence electrons. The zero-order valence-electron chi connectivity index (χ0n) is 11.5. The summed E-state index contributed by atoms with van der Waals surface area (Å²) in [7, 11) is 0. The van der Waals surface area contributed by atoms with Gasteiger partial charge >= 0.3 is 11.9 Å². The Labute approximate surface area is 138 Å². The molecular formula is C14H12Br2O5. The molecule has 0 unspecified atom stereocenters. The summed E-state index contributed by atoms with van der Waals surface area (Å²) < 4.78 is 11.2. The Hall–Kier alpha value is -1.34. The third kappa shape index (κ3) is 3.13. The topological polar surface area (TPSA) is 72.8 Å². The van der Waals surface area contributed by atoms with E-state index in [-0.39, 0.29) is 11.3 Å². The van der Waals surface area contributed by atoms with E-state index in [0.29, 0.717) is 10.0 Å². The largest absolute Gasteiger partial charge is 0.506 e. The Bertz CT molecular complexity index is 654. The molecule has 1 aliphatic rings. The fourth-order valence-corrected chi connectivity index (χ4v) is 2.92. The van der Waals surface area contributed by atoms with Gasteiger partial charge in [-0.3, -0.25) is 0 Å². The van der Waals surface area contributed by atoms with Crippen LogP contribution in [0.1, 0.15) is 25.0 Å². The molecule has 0 amide bonds. The van der Waals surface area contributed by atoms with E-state index < -0.39 is 17.7 Å². The number of phenolic OH excluding ortho intramolecular Hbond substituents is 1. The van der Waals surface area contributed by atoms with Gasteiger partial charge in [-0.2, -0.15) is 0 Å². The first-order valence-corrected chi connectivity index (χ1v) is 7.57. The molecule has 0 aliphatic carbocycles. The van der Waals surface area contributed by atoms with Gasteiger partial charge in [0.1, 0.15) is 11.3 Å². The number of rotatable bonds is 1. The predicted octanol–water partition coefficient (Wildman–Crippen LogP) is 3.45. The molecule has 0 spiro atoms. The molecule has 0 radical (unpaired) electrons. The third-order valence-corrected chi connectivity index (χ3v) is 4.66. The lowest BCUT2D eigenvalue weighted by atomic mass is 10.1. The van der Waals surface area contributed by atoms with Crippen LogP contribution in [0.4, 0.5) is 0 Å². The average Bonchev–Trinajstić information content (AvgIpc) is 2.36. The molecule has 7 heteroatoms. The van der Waals surface area contributed by atoms with Gasteiger partial charge in [-0.15, -0.1) is 0 Å². The van der Waals surface area contributed by atoms with Crippen LogP contribution < -0.4 is 0 Å². The minimum atomic E-state index is -1.29. The number of esters is 2. The number of hydrogen-bond acceptors (Lipinski definition) is 5. The molecular weight excluding hydrogens is 408 g/mol. The lowest BCUT2D eigenvalue weighted by Crippen LogP contribution is -2.41. The SMILES string of the molecule is Cc1c(Br)cc(C=C2C(=O)OC(C)(C)OC2=O)c(O)c1Br. The van der Waals surface area contributed by atoms with Crippen LogP contribution in [0.5, 0.6) is 5.75 Å². The molecule has 0 saturated carbocycles. The normalized spacial score (nSPS) is 17.3. The van der Waals surface area contributed by atoms with Crippen LogP contribution in [0.15, 0.2) is 20.6 Å². The maximum atomic E-state index is 11.9. The van der Waals surface area contributed by atoms with Crippen molar-refractivity contribution in [2.45, 2.75) is 26.6 Å². The summed E-state index contributed by atoms with van der Waals surface area (Å²) in [4.78, 5) is 23.8. The second-order valence-corrected chi connectivity index (χ2v) is 6.62. The van der Waals surface area contributed by atoms with E-state index in [1.807, 2.05) is 0 Å². The second-order valence-electron chi connectivity index (χ2n) is 4.97. The summed E-state index contributed by atoms with van der Waals surface area (Å²) in [5, 5.41) is 10.1. The van der Waals surface area contributed by atoms with E-state index in [1.165, 1.54) is 19.9 Å². The molecule has 1 saturated heterocycles. The minimum absolute atomic E-state index is 0.0753. The van der Waals surface area contributed by atoms with Crippen LogP contribution in [0.25, 0.3) is 6.08 Å². The number of phenols is 1. The summed E-state index contributed by atoms with van der Waals surface area (Å²) >= 11 is 6.59. The molecule has 21 heavy (non-hydrogen) atoms. The van der Waals surface area contributed by atoms with Crippen molar-refractivity contribution in [3.63, 3.8) is 0 Å². The summed E-state index contributed by atoms with van der Waals surface area (Å²) in [6, 6.07) is 1.60. The number of carbonyl (C=O) groups is 2. The van der Waals surface area contributed by atoms with Crippen LogP contribution in [0.2, 0.25) is 0 Å². The second kappa shape index (κ2) is 5.46. The highest BCUT2D eigenvalue weighted by Gasteiger charge is 2.39. The molecule has 1 N–H and O–H groups in total. The monoisotopic (exact) mass is 418 g/mol. The van der Waals surface area contributed by atoms with E-state index in [1.54, 1.807) is 13.0 Å². The molecule has 1 aromatic rings. The van der Waals surface area contributed by atoms with Crippen LogP contribution in [-0.4, -0.2) is 22.8 Å². The van der Waals surface area contributed by atoms with Gasteiger partial charge in [0.15, 0.2) is 0 Å². The quantitative estimate of drug-likeness (QED) is 0.428. The van der Waals surface area contributed by atoms with Crippen LogP contribution in [0.3, 0.4) is 0 Å². The van der Waals surface area contributed by atoms with Crippen LogP contribution in [0, 0.1) is 6.92 Å². The van der Waals surface area contributed by atoms with Crippen molar-refractivity contribution in [2.75, 3.05) is 0 Å². The van der Waals surface area contributed by atoms with Gasteiger partial charge in [0.25, 0.3) is 5.79 Å². The van der Waals surface area contributed by atoms with Gasteiger partial charge in [-0.05, 0) is 40.6 Å². The molecule has 0 atom stereocenters. The van der Waals surface area contributed by atoms with Crippen molar-refractivity contribution in [1.29, 1.82) is 0 Å². The van der Waals surface area contributed by atoms with E-state index >= 15 is 0 Å². The maximum absolute atomic E-state index is 11.9. The number of carbonyl (C=O) groups excluding carboxylic acids is 2. The molecule has 0 aromatic heterocycles. The molecule has 2 rings (SSSR count). The highest BCUT2D eigenvalue weighted by molar-refractivity contribution is 9.11. The first-order chi connectivity index (χ1) is 9.62. The Morgan fingerprint density at radius 2 is 1.71 bits per heavy atom. The summed E-state index contributed by atoms with van der Waals surface area (Å²) in [6.45, 7) is 4.74. The van der Waals surface area contributed by atoms with Crippen molar-refractivity contribution in [1.82, 2.24) is 0 Å². The standard InChI is InChI=1S/C14H12Br2O5/c1-6-9(15)5-7(11(17)10(6)16)4-8-12(18)20-14(2,3)21-13(8)19/h4-5,17H,1-3H3. The van der Waals surface area contributed by atoms with Gasteiger partial charge in [0, 0.05) is 23.9 Å². The van der Waals surface area contributed by atoms with Crippen molar-refractivity contribution < 1.29 is 24.2 Å². The number of aromatic hydroxyl groups is 1. The smallest absolute Gasteiger partial charge is 0.348 e. The number of halogens is 2. The molecule has 0 bridgehead atoms. The van der Waals surface area contributed by atoms with E-state index in [9.17, 15) is 14.7 Å². The van der Waals surface area contributed by atoms with Gasteiger partial charge in [0.05, 0.1) is 4.47 Å². The number of cyclic esters (lactones) is 2. The first kappa shape index (κ1) is 16.0. The summed E-state index contributed by atoms with van der Waals surface area (Å²) in [6.07, 6.45) is 1.24. The number of hydrogen-bond donors (Lipinski definition) is 1. The van der Waals surface area contributed by atoms with Gasteiger partial charge < -0.3 is 14.6 Å². The van der Waals surface area contributed by atoms with Crippen molar-refractivity contribution in [3.8, 4) is 5.75 Å². The average molecular weight is 420 g/mol. The lowest BCUT2D eigenvalue weighted by molar-refractivity contribution is -0.222. The number of benzene rings is 1. The summed E-state index contributed by atoms with van der Waals surface area (Å²) in [5.74, 6) is -2.94.